The summed E-state index contributed by atoms with van der Waals surface area (Å²) in [7, 11) is 0. The number of hydrogen-bond donors (Lipinski definition) is 0. The molecular formula is C26H46O6. The second-order valence-corrected chi connectivity index (χ2v) is 11.0. The SMILES string of the molecule is CCOC(CC)OC12CC3CC(OC(=O)C(C)(C)CC)(C1)CC(OC(CC)OCC)(C3)C2. The highest BCUT2D eigenvalue weighted by atomic mass is 16.7. The largest absolute Gasteiger partial charge is 0.458 e. The molecule has 0 spiro atoms. The van der Waals surface area contributed by atoms with Crippen molar-refractivity contribution in [2.75, 3.05) is 13.2 Å². The van der Waals surface area contributed by atoms with E-state index in [4.69, 9.17) is 23.7 Å². The molecule has 4 rings (SSSR count). The molecule has 4 bridgehead atoms. The van der Waals surface area contributed by atoms with Crippen molar-refractivity contribution < 1.29 is 28.5 Å². The zero-order chi connectivity index (χ0) is 23.6. The molecule has 0 radical (unpaired) electrons. The third-order valence-electron chi connectivity index (χ3n) is 7.80. The summed E-state index contributed by atoms with van der Waals surface area (Å²) in [6.45, 7) is 15.4. The molecule has 4 atom stereocenters. The van der Waals surface area contributed by atoms with Crippen molar-refractivity contribution >= 4 is 5.97 Å². The Morgan fingerprint density at radius 1 is 0.812 bits per heavy atom. The predicted octanol–water partition coefficient (Wildman–Crippen LogP) is 5.76. The van der Waals surface area contributed by atoms with E-state index in [0.29, 0.717) is 19.1 Å². The quantitative estimate of drug-likeness (QED) is 0.260. The Hall–Kier alpha value is -0.690. The highest BCUT2D eigenvalue weighted by molar-refractivity contribution is 5.76. The van der Waals surface area contributed by atoms with E-state index in [0.717, 1.165) is 57.8 Å². The Morgan fingerprint density at radius 2 is 1.25 bits per heavy atom. The first-order chi connectivity index (χ1) is 15.1. The molecule has 4 fully saturated rings. The van der Waals surface area contributed by atoms with Crippen molar-refractivity contribution in [2.45, 2.75) is 136 Å². The fourth-order valence-corrected chi connectivity index (χ4v) is 6.43. The van der Waals surface area contributed by atoms with Gasteiger partial charge in [-0.1, -0.05) is 20.8 Å². The molecule has 4 saturated carbocycles. The summed E-state index contributed by atoms with van der Waals surface area (Å²) in [5.41, 5.74) is -1.83. The normalized spacial score (nSPS) is 35.7. The summed E-state index contributed by atoms with van der Waals surface area (Å²) < 4.78 is 31.7. The Labute approximate surface area is 195 Å². The van der Waals surface area contributed by atoms with Gasteiger partial charge in [-0.2, -0.15) is 0 Å². The molecule has 0 saturated heterocycles. The van der Waals surface area contributed by atoms with Gasteiger partial charge in [-0.3, -0.25) is 4.79 Å². The maximum absolute atomic E-state index is 13.2. The molecule has 4 aliphatic rings. The predicted molar refractivity (Wildman–Crippen MR) is 123 cm³/mol. The molecule has 6 nitrogen and oxygen atoms in total. The highest BCUT2D eigenvalue weighted by Crippen LogP contribution is 2.63. The lowest BCUT2D eigenvalue weighted by Gasteiger charge is -2.65. The van der Waals surface area contributed by atoms with Crippen LogP contribution in [-0.4, -0.2) is 48.6 Å². The highest BCUT2D eigenvalue weighted by Gasteiger charge is 2.67. The smallest absolute Gasteiger partial charge is 0.312 e. The summed E-state index contributed by atoms with van der Waals surface area (Å²) >= 11 is 0. The monoisotopic (exact) mass is 454 g/mol. The number of ether oxygens (including phenoxy) is 5. The van der Waals surface area contributed by atoms with Crippen LogP contribution in [0.1, 0.15) is 106 Å². The first-order valence-electron chi connectivity index (χ1n) is 12.9. The molecule has 32 heavy (non-hydrogen) atoms. The zero-order valence-electron chi connectivity index (χ0n) is 21.5. The second kappa shape index (κ2) is 9.89. The van der Waals surface area contributed by atoms with Gasteiger partial charge >= 0.3 is 5.97 Å². The lowest BCUT2D eigenvalue weighted by molar-refractivity contribution is -0.338. The topological polar surface area (TPSA) is 63.2 Å². The van der Waals surface area contributed by atoms with E-state index in [2.05, 4.69) is 13.8 Å². The maximum atomic E-state index is 13.2. The lowest BCUT2D eigenvalue weighted by atomic mass is 9.50. The van der Waals surface area contributed by atoms with E-state index >= 15 is 0 Å². The number of esters is 1. The average molecular weight is 455 g/mol. The minimum absolute atomic E-state index is 0.110. The number of rotatable bonds is 13. The van der Waals surface area contributed by atoms with Crippen LogP contribution < -0.4 is 0 Å². The van der Waals surface area contributed by atoms with Gasteiger partial charge in [0.15, 0.2) is 12.6 Å². The third-order valence-corrected chi connectivity index (χ3v) is 7.80. The van der Waals surface area contributed by atoms with Gasteiger partial charge < -0.3 is 23.7 Å². The Kier molecular flexibility index (Phi) is 8.01. The van der Waals surface area contributed by atoms with Crippen LogP contribution in [0.3, 0.4) is 0 Å². The molecule has 0 aromatic rings. The van der Waals surface area contributed by atoms with Crippen LogP contribution in [0.5, 0.6) is 0 Å². The van der Waals surface area contributed by atoms with Crippen LogP contribution in [0.4, 0.5) is 0 Å². The van der Waals surface area contributed by atoms with Crippen molar-refractivity contribution in [3.05, 3.63) is 0 Å². The van der Waals surface area contributed by atoms with Gasteiger partial charge in [0.2, 0.25) is 0 Å². The van der Waals surface area contributed by atoms with Crippen molar-refractivity contribution in [2.24, 2.45) is 11.3 Å². The van der Waals surface area contributed by atoms with Gasteiger partial charge in [-0.25, -0.2) is 0 Å². The van der Waals surface area contributed by atoms with Gasteiger partial charge in [-0.15, -0.1) is 0 Å². The van der Waals surface area contributed by atoms with Crippen molar-refractivity contribution in [3.63, 3.8) is 0 Å². The second-order valence-electron chi connectivity index (χ2n) is 11.0. The van der Waals surface area contributed by atoms with Crippen LogP contribution in [0.15, 0.2) is 0 Å². The van der Waals surface area contributed by atoms with E-state index in [1.165, 1.54) is 0 Å². The minimum Gasteiger partial charge on any atom is -0.458 e. The molecule has 0 N–H and O–H groups in total. The minimum atomic E-state index is -0.544. The van der Waals surface area contributed by atoms with Crippen LogP contribution in [0.25, 0.3) is 0 Å². The van der Waals surface area contributed by atoms with E-state index in [1.807, 2.05) is 34.6 Å². The van der Waals surface area contributed by atoms with E-state index in [-0.39, 0.29) is 18.5 Å². The van der Waals surface area contributed by atoms with Crippen molar-refractivity contribution in [1.82, 2.24) is 0 Å². The van der Waals surface area contributed by atoms with Crippen LogP contribution in [0.2, 0.25) is 0 Å². The first-order valence-corrected chi connectivity index (χ1v) is 12.9. The zero-order valence-corrected chi connectivity index (χ0v) is 21.5. The Morgan fingerprint density at radius 3 is 1.66 bits per heavy atom. The summed E-state index contributed by atoms with van der Waals surface area (Å²) in [5.74, 6) is 0.294. The summed E-state index contributed by atoms with van der Waals surface area (Å²) in [5, 5.41) is 0. The van der Waals surface area contributed by atoms with E-state index in [1.54, 1.807) is 0 Å². The number of carbonyl (C=O) groups excluding carboxylic acids is 1. The van der Waals surface area contributed by atoms with Gasteiger partial charge in [0.1, 0.15) is 5.60 Å². The van der Waals surface area contributed by atoms with Crippen LogP contribution in [0, 0.1) is 11.3 Å². The molecule has 0 amide bonds. The third kappa shape index (κ3) is 5.34. The van der Waals surface area contributed by atoms with Gasteiger partial charge in [-0.05, 0) is 72.1 Å². The first kappa shape index (κ1) is 25.9. The summed E-state index contributed by atoms with van der Waals surface area (Å²) in [4.78, 5) is 13.2. The van der Waals surface area contributed by atoms with Crippen LogP contribution >= 0.6 is 0 Å². The van der Waals surface area contributed by atoms with Crippen molar-refractivity contribution in [3.8, 4) is 0 Å². The molecule has 6 heteroatoms. The van der Waals surface area contributed by atoms with Gasteiger partial charge in [0.05, 0.1) is 16.6 Å². The molecule has 0 aromatic heterocycles. The van der Waals surface area contributed by atoms with Gasteiger partial charge in [0.25, 0.3) is 0 Å². The number of carbonyl (C=O) groups is 1. The summed E-state index contributed by atoms with van der Waals surface area (Å²) in [6.07, 6.45) is 6.94. The number of hydrogen-bond acceptors (Lipinski definition) is 6. The van der Waals surface area contributed by atoms with Crippen LogP contribution in [-0.2, 0) is 28.5 Å². The molecule has 0 heterocycles. The Balaban J connectivity index is 1.92. The maximum Gasteiger partial charge on any atom is 0.312 e. The molecule has 186 valence electrons. The standard InChI is InChI=1S/C26H46O6/c1-8-20(28-11-4)30-24-13-19-14-25(16-24,31-21(9-2)29-12-5)18-26(15-19,17-24)32-22(27)23(6,7)10-3/h19-21H,8-18H2,1-7H3. The fraction of sp³-hybridized carbons (Fsp3) is 0.962. The summed E-state index contributed by atoms with van der Waals surface area (Å²) in [6, 6.07) is 0. The lowest BCUT2D eigenvalue weighted by Crippen LogP contribution is -2.69. The molecular weight excluding hydrogens is 408 g/mol. The molecule has 0 aromatic carbocycles. The fourth-order valence-electron chi connectivity index (χ4n) is 6.43. The van der Waals surface area contributed by atoms with Gasteiger partial charge in [0, 0.05) is 32.5 Å². The molecule has 0 aliphatic heterocycles. The average Bonchev–Trinajstić information content (AvgIpc) is 2.71. The van der Waals surface area contributed by atoms with Crippen molar-refractivity contribution in [1.29, 1.82) is 0 Å². The molecule has 4 aliphatic carbocycles. The van der Waals surface area contributed by atoms with E-state index < -0.39 is 22.2 Å². The Bertz CT molecular complexity index is 614. The van der Waals surface area contributed by atoms with E-state index in [9.17, 15) is 4.79 Å². The molecule has 4 unspecified atom stereocenters.